The van der Waals surface area contributed by atoms with Crippen LogP contribution in [0.25, 0.3) is 0 Å². The SMILES string of the molecule is CCn1cc(CNCCCN)cn1. The topological polar surface area (TPSA) is 55.9 Å². The molecule has 0 atom stereocenters. The number of aromatic nitrogens is 2. The molecule has 0 saturated heterocycles. The van der Waals surface area contributed by atoms with Crippen LogP contribution in [0.1, 0.15) is 18.9 Å². The zero-order chi connectivity index (χ0) is 9.52. The van der Waals surface area contributed by atoms with Crippen LogP contribution in [0.5, 0.6) is 0 Å². The second-order valence-corrected chi connectivity index (χ2v) is 3.02. The molecule has 1 aromatic rings. The lowest BCUT2D eigenvalue weighted by Crippen LogP contribution is -2.17. The first kappa shape index (κ1) is 10.2. The third-order valence-electron chi connectivity index (χ3n) is 1.90. The van der Waals surface area contributed by atoms with Crippen molar-refractivity contribution in [3.63, 3.8) is 0 Å². The minimum atomic E-state index is 0.751. The van der Waals surface area contributed by atoms with Gasteiger partial charge in [-0.3, -0.25) is 4.68 Å². The summed E-state index contributed by atoms with van der Waals surface area (Å²) in [6.07, 6.45) is 5.00. The molecule has 1 heterocycles. The molecule has 0 bridgehead atoms. The molecule has 4 heteroatoms. The summed E-state index contributed by atoms with van der Waals surface area (Å²) in [5, 5.41) is 7.49. The Morgan fingerprint density at radius 2 is 2.46 bits per heavy atom. The maximum absolute atomic E-state index is 5.38. The third kappa shape index (κ3) is 3.57. The van der Waals surface area contributed by atoms with E-state index in [1.165, 1.54) is 5.56 Å². The van der Waals surface area contributed by atoms with Crippen molar-refractivity contribution in [3.8, 4) is 0 Å². The molecule has 0 aliphatic rings. The predicted molar refractivity (Wildman–Crippen MR) is 53.3 cm³/mol. The van der Waals surface area contributed by atoms with Crippen LogP contribution >= 0.6 is 0 Å². The molecule has 0 aliphatic heterocycles. The number of nitrogens with one attached hydrogen (secondary N) is 1. The van der Waals surface area contributed by atoms with Gasteiger partial charge in [0.25, 0.3) is 0 Å². The number of hydrogen-bond acceptors (Lipinski definition) is 3. The van der Waals surface area contributed by atoms with E-state index in [4.69, 9.17) is 5.73 Å². The second kappa shape index (κ2) is 5.72. The van der Waals surface area contributed by atoms with Gasteiger partial charge in [0.15, 0.2) is 0 Å². The summed E-state index contributed by atoms with van der Waals surface area (Å²) in [5.74, 6) is 0. The molecule has 0 spiro atoms. The first-order valence-electron chi connectivity index (χ1n) is 4.79. The molecule has 1 rings (SSSR count). The highest BCUT2D eigenvalue weighted by Crippen LogP contribution is 1.96. The Bertz CT molecular complexity index is 231. The van der Waals surface area contributed by atoms with Gasteiger partial charge in [-0.1, -0.05) is 0 Å². The normalized spacial score (nSPS) is 10.6. The second-order valence-electron chi connectivity index (χ2n) is 3.02. The van der Waals surface area contributed by atoms with Crippen molar-refractivity contribution >= 4 is 0 Å². The van der Waals surface area contributed by atoms with Crippen LogP contribution in [0.2, 0.25) is 0 Å². The van der Waals surface area contributed by atoms with E-state index < -0.39 is 0 Å². The number of nitrogens with zero attached hydrogens (tertiary/aromatic N) is 2. The summed E-state index contributed by atoms with van der Waals surface area (Å²) in [6, 6.07) is 0. The van der Waals surface area contributed by atoms with E-state index >= 15 is 0 Å². The summed E-state index contributed by atoms with van der Waals surface area (Å²) >= 11 is 0. The van der Waals surface area contributed by atoms with Gasteiger partial charge in [0.05, 0.1) is 6.20 Å². The maximum Gasteiger partial charge on any atom is 0.0534 e. The Balaban J connectivity index is 2.20. The smallest absolute Gasteiger partial charge is 0.0534 e. The Morgan fingerprint density at radius 1 is 1.62 bits per heavy atom. The van der Waals surface area contributed by atoms with Crippen molar-refractivity contribution in [2.75, 3.05) is 13.1 Å². The van der Waals surface area contributed by atoms with Crippen molar-refractivity contribution in [2.45, 2.75) is 26.4 Å². The standard InChI is InChI=1S/C9H18N4/c1-2-13-8-9(7-12-13)6-11-5-3-4-10/h7-8,11H,2-6,10H2,1H3. The largest absolute Gasteiger partial charge is 0.330 e. The molecule has 1 aromatic heterocycles. The molecule has 0 radical (unpaired) electrons. The molecule has 3 N–H and O–H groups in total. The van der Waals surface area contributed by atoms with Gasteiger partial charge in [-0.25, -0.2) is 0 Å². The molecule has 0 fully saturated rings. The summed E-state index contributed by atoms with van der Waals surface area (Å²) in [4.78, 5) is 0. The van der Waals surface area contributed by atoms with Gasteiger partial charge in [0.1, 0.15) is 0 Å². The summed E-state index contributed by atoms with van der Waals surface area (Å²) in [5.41, 5.74) is 6.61. The van der Waals surface area contributed by atoms with E-state index in [2.05, 4.69) is 23.5 Å². The highest BCUT2D eigenvalue weighted by Gasteiger charge is 1.95. The Hall–Kier alpha value is -0.870. The predicted octanol–water partition coefficient (Wildman–Crippen LogP) is 0.341. The fourth-order valence-corrected chi connectivity index (χ4v) is 1.13. The van der Waals surface area contributed by atoms with Gasteiger partial charge in [-0.2, -0.15) is 5.10 Å². The molecule has 74 valence electrons. The van der Waals surface area contributed by atoms with Gasteiger partial charge < -0.3 is 11.1 Å². The van der Waals surface area contributed by atoms with E-state index in [1.54, 1.807) is 0 Å². The lowest BCUT2D eigenvalue weighted by molar-refractivity contribution is 0.647. The van der Waals surface area contributed by atoms with Gasteiger partial charge in [0, 0.05) is 24.8 Å². The summed E-state index contributed by atoms with van der Waals surface area (Å²) < 4.78 is 1.93. The van der Waals surface area contributed by atoms with E-state index in [1.807, 2.05) is 10.9 Å². The van der Waals surface area contributed by atoms with Gasteiger partial charge in [0.2, 0.25) is 0 Å². The van der Waals surface area contributed by atoms with Crippen LogP contribution in [0.3, 0.4) is 0 Å². The molecule has 0 amide bonds. The minimum Gasteiger partial charge on any atom is -0.330 e. The van der Waals surface area contributed by atoms with Crippen molar-refractivity contribution in [2.24, 2.45) is 5.73 Å². The third-order valence-corrected chi connectivity index (χ3v) is 1.90. The molecular formula is C9H18N4. The van der Waals surface area contributed by atoms with Gasteiger partial charge in [-0.05, 0) is 26.4 Å². The van der Waals surface area contributed by atoms with Crippen LogP contribution in [-0.2, 0) is 13.1 Å². The number of nitrogens with two attached hydrogens (primary N) is 1. The van der Waals surface area contributed by atoms with Crippen LogP contribution in [0, 0.1) is 0 Å². The van der Waals surface area contributed by atoms with Crippen LogP contribution in [-0.4, -0.2) is 22.9 Å². The van der Waals surface area contributed by atoms with Crippen LogP contribution in [0.15, 0.2) is 12.4 Å². The quantitative estimate of drug-likeness (QED) is 0.624. The molecule has 0 unspecified atom stereocenters. The van der Waals surface area contributed by atoms with Crippen molar-refractivity contribution in [1.82, 2.24) is 15.1 Å². The average molecular weight is 182 g/mol. The maximum atomic E-state index is 5.38. The zero-order valence-corrected chi connectivity index (χ0v) is 8.16. The average Bonchev–Trinajstić information content (AvgIpc) is 2.60. The number of rotatable bonds is 6. The van der Waals surface area contributed by atoms with Crippen molar-refractivity contribution in [3.05, 3.63) is 18.0 Å². The Kier molecular flexibility index (Phi) is 4.49. The summed E-state index contributed by atoms with van der Waals surface area (Å²) in [7, 11) is 0. The Morgan fingerprint density at radius 3 is 3.08 bits per heavy atom. The molecule has 0 aromatic carbocycles. The molecule has 0 saturated carbocycles. The molecule has 0 aliphatic carbocycles. The number of aryl methyl sites for hydroxylation is 1. The van der Waals surface area contributed by atoms with Gasteiger partial charge in [-0.15, -0.1) is 0 Å². The van der Waals surface area contributed by atoms with Gasteiger partial charge >= 0.3 is 0 Å². The van der Waals surface area contributed by atoms with E-state index in [0.717, 1.165) is 32.6 Å². The zero-order valence-electron chi connectivity index (χ0n) is 8.16. The highest BCUT2D eigenvalue weighted by molar-refractivity contribution is 5.02. The lowest BCUT2D eigenvalue weighted by Gasteiger charge is -2.00. The van der Waals surface area contributed by atoms with Crippen molar-refractivity contribution < 1.29 is 0 Å². The van der Waals surface area contributed by atoms with E-state index in [-0.39, 0.29) is 0 Å². The fourth-order valence-electron chi connectivity index (χ4n) is 1.13. The monoisotopic (exact) mass is 182 g/mol. The fraction of sp³-hybridized carbons (Fsp3) is 0.667. The van der Waals surface area contributed by atoms with Crippen LogP contribution in [0.4, 0.5) is 0 Å². The molecule has 4 nitrogen and oxygen atoms in total. The van der Waals surface area contributed by atoms with E-state index in [0.29, 0.717) is 0 Å². The molecular weight excluding hydrogens is 164 g/mol. The molecule has 13 heavy (non-hydrogen) atoms. The Labute approximate surface area is 79.1 Å². The van der Waals surface area contributed by atoms with Crippen LogP contribution < -0.4 is 11.1 Å². The first-order chi connectivity index (χ1) is 6.36. The minimum absolute atomic E-state index is 0.751. The van der Waals surface area contributed by atoms with Crippen molar-refractivity contribution in [1.29, 1.82) is 0 Å². The lowest BCUT2D eigenvalue weighted by atomic mass is 10.3. The first-order valence-corrected chi connectivity index (χ1v) is 4.79. The summed E-state index contributed by atoms with van der Waals surface area (Å²) in [6.45, 7) is 5.64. The highest BCUT2D eigenvalue weighted by atomic mass is 15.3. The number of hydrogen-bond donors (Lipinski definition) is 2. The van der Waals surface area contributed by atoms with E-state index in [9.17, 15) is 0 Å².